The highest BCUT2D eigenvalue weighted by Crippen LogP contribution is 2.34. The minimum atomic E-state index is 0.531. The molecule has 0 bridgehead atoms. The summed E-state index contributed by atoms with van der Waals surface area (Å²) in [4.78, 5) is 0. The van der Waals surface area contributed by atoms with Gasteiger partial charge in [0.25, 0.3) is 0 Å². The lowest BCUT2D eigenvalue weighted by Crippen LogP contribution is -2.04. The number of hydrogen-bond donors (Lipinski definition) is 0. The summed E-state index contributed by atoms with van der Waals surface area (Å²) in [5.41, 5.74) is 6.42. The molecule has 0 atom stereocenters. The molecular weight excluding hydrogens is 378 g/mol. The second-order valence-electron chi connectivity index (χ2n) is 8.99. The van der Waals surface area contributed by atoms with E-state index in [0.29, 0.717) is 11.8 Å². The first kappa shape index (κ1) is 22.9. The van der Waals surface area contributed by atoms with Crippen LogP contribution in [0.25, 0.3) is 32.9 Å². The summed E-state index contributed by atoms with van der Waals surface area (Å²) in [6, 6.07) is 22.2. The molecule has 0 aliphatic carbocycles. The molecule has 0 spiro atoms. The van der Waals surface area contributed by atoms with Gasteiger partial charge in [0, 0.05) is 28.4 Å². The minimum absolute atomic E-state index is 0.531. The fraction of sp³-hybridized carbons (Fsp3) is 0.379. The van der Waals surface area contributed by atoms with Crippen LogP contribution in [0.5, 0.6) is 5.75 Å². The summed E-state index contributed by atoms with van der Waals surface area (Å²) < 4.78 is 8.31. The molecule has 2 heteroatoms. The highest BCUT2D eigenvalue weighted by Gasteiger charge is 2.13. The molecule has 4 rings (SSSR count). The van der Waals surface area contributed by atoms with E-state index in [1.54, 1.807) is 0 Å². The van der Waals surface area contributed by atoms with Gasteiger partial charge in [-0.15, -0.1) is 0 Å². The van der Waals surface area contributed by atoms with Crippen LogP contribution < -0.4 is 4.74 Å². The average molecular weight is 416 g/mol. The molecule has 0 aliphatic heterocycles. The molecule has 0 aliphatic rings. The molecule has 4 aromatic rings. The molecule has 1 aromatic heterocycles. The lowest BCUT2D eigenvalue weighted by molar-refractivity contribution is 0.271. The number of rotatable bonds is 6. The molecule has 0 radical (unpaired) electrons. The Balaban J connectivity index is 0.00000132. The van der Waals surface area contributed by atoms with Gasteiger partial charge in [-0.3, -0.25) is 0 Å². The third-order valence-electron chi connectivity index (χ3n) is 5.34. The number of benzene rings is 3. The molecule has 31 heavy (non-hydrogen) atoms. The summed E-state index contributed by atoms with van der Waals surface area (Å²) in [7, 11) is 0. The molecule has 0 saturated heterocycles. The monoisotopic (exact) mass is 415 g/mol. The predicted molar refractivity (Wildman–Crippen MR) is 136 cm³/mol. The third-order valence-corrected chi connectivity index (χ3v) is 5.34. The minimum Gasteiger partial charge on any atom is -0.493 e. The molecular formula is C29H37NO. The molecule has 1 heterocycles. The lowest BCUT2D eigenvalue weighted by atomic mass is 10.0. The van der Waals surface area contributed by atoms with Gasteiger partial charge in [-0.1, -0.05) is 71.4 Å². The van der Waals surface area contributed by atoms with Crippen molar-refractivity contribution in [2.24, 2.45) is 11.8 Å². The Morgan fingerprint density at radius 3 is 1.90 bits per heavy atom. The number of aryl methyl sites for hydroxylation is 1. The van der Waals surface area contributed by atoms with Gasteiger partial charge >= 0.3 is 0 Å². The standard InChI is InChI=1S/C27H31NO.C2H6/c1-18(2)16-28-26-12-6-20(5)14-24(26)25-15-22(9-13-27(25)28)21-7-10-23(11-8-21)29-17-19(3)4;1-2/h6-15,18-19H,16-17H2,1-5H3;1-2H3. The number of fused-ring (bicyclic) bond motifs is 3. The van der Waals surface area contributed by atoms with Crippen LogP contribution in [0.2, 0.25) is 0 Å². The maximum atomic E-state index is 5.84. The first-order valence-electron chi connectivity index (χ1n) is 11.7. The predicted octanol–water partition coefficient (Wildman–Crippen LogP) is 8.49. The van der Waals surface area contributed by atoms with E-state index in [-0.39, 0.29) is 0 Å². The smallest absolute Gasteiger partial charge is 0.119 e. The number of aromatic nitrogens is 1. The maximum absolute atomic E-state index is 5.84. The average Bonchev–Trinajstić information content (AvgIpc) is 3.06. The highest BCUT2D eigenvalue weighted by molar-refractivity contribution is 6.09. The van der Waals surface area contributed by atoms with Crippen molar-refractivity contribution in [1.29, 1.82) is 0 Å². The van der Waals surface area contributed by atoms with E-state index in [9.17, 15) is 0 Å². The second-order valence-corrected chi connectivity index (χ2v) is 8.99. The van der Waals surface area contributed by atoms with Crippen LogP contribution in [-0.2, 0) is 6.54 Å². The summed E-state index contributed by atoms with van der Waals surface area (Å²) in [5.74, 6) is 2.07. The van der Waals surface area contributed by atoms with Crippen molar-refractivity contribution in [2.45, 2.75) is 55.0 Å². The molecule has 3 aromatic carbocycles. The quantitative estimate of drug-likeness (QED) is 0.308. The van der Waals surface area contributed by atoms with Crippen LogP contribution in [0.3, 0.4) is 0 Å². The summed E-state index contributed by atoms with van der Waals surface area (Å²) in [6.45, 7) is 16.9. The van der Waals surface area contributed by atoms with Crippen molar-refractivity contribution in [2.75, 3.05) is 6.61 Å². The van der Waals surface area contributed by atoms with Crippen LogP contribution in [0.15, 0.2) is 60.7 Å². The summed E-state index contributed by atoms with van der Waals surface area (Å²) in [5, 5.41) is 2.68. The Morgan fingerprint density at radius 1 is 0.710 bits per heavy atom. The van der Waals surface area contributed by atoms with Crippen LogP contribution in [-0.4, -0.2) is 11.2 Å². The molecule has 0 N–H and O–H groups in total. The van der Waals surface area contributed by atoms with Crippen molar-refractivity contribution >= 4 is 21.8 Å². The van der Waals surface area contributed by atoms with Crippen LogP contribution in [0, 0.1) is 18.8 Å². The molecule has 0 amide bonds. The summed E-state index contributed by atoms with van der Waals surface area (Å²) in [6.07, 6.45) is 0. The van der Waals surface area contributed by atoms with Crippen LogP contribution in [0.4, 0.5) is 0 Å². The van der Waals surface area contributed by atoms with Crippen LogP contribution in [0.1, 0.15) is 47.1 Å². The number of nitrogens with zero attached hydrogens (tertiary/aromatic N) is 1. The van der Waals surface area contributed by atoms with Crippen molar-refractivity contribution in [3.8, 4) is 16.9 Å². The zero-order valence-electron chi connectivity index (χ0n) is 20.2. The first-order chi connectivity index (χ1) is 14.9. The molecule has 2 nitrogen and oxygen atoms in total. The fourth-order valence-electron chi connectivity index (χ4n) is 3.97. The second kappa shape index (κ2) is 10.0. The van der Waals surface area contributed by atoms with E-state index in [2.05, 4.69) is 99.8 Å². The van der Waals surface area contributed by atoms with Crippen LogP contribution >= 0.6 is 0 Å². The van der Waals surface area contributed by atoms with E-state index in [4.69, 9.17) is 4.74 Å². The van der Waals surface area contributed by atoms with Gasteiger partial charge < -0.3 is 9.30 Å². The third kappa shape index (κ3) is 5.12. The van der Waals surface area contributed by atoms with Gasteiger partial charge in [-0.2, -0.15) is 0 Å². The Bertz CT molecular complexity index is 1130. The van der Waals surface area contributed by atoms with E-state index < -0.39 is 0 Å². The van der Waals surface area contributed by atoms with E-state index >= 15 is 0 Å². The van der Waals surface area contributed by atoms with Crippen molar-refractivity contribution < 1.29 is 4.74 Å². The SMILES string of the molecule is CC.Cc1ccc2c(c1)c1cc(-c3ccc(OCC(C)C)cc3)ccc1n2CC(C)C. The Kier molecular flexibility index (Phi) is 7.43. The zero-order chi connectivity index (χ0) is 22.5. The van der Waals surface area contributed by atoms with Gasteiger partial charge in [0.05, 0.1) is 6.61 Å². The van der Waals surface area contributed by atoms with Crippen molar-refractivity contribution in [1.82, 2.24) is 4.57 Å². The van der Waals surface area contributed by atoms with Gasteiger partial charge in [0.1, 0.15) is 5.75 Å². The topological polar surface area (TPSA) is 14.2 Å². The van der Waals surface area contributed by atoms with Gasteiger partial charge in [0.2, 0.25) is 0 Å². The number of hydrogen-bond acceptors (Lipinski definition) is 1. The number of ether oxygens (including phenoxy) is 1. The van der Waals surface area contributed by atoms with E-state index in [1.807, 2.05) is 13.8 Å². The first-order valence-corrected chi connectivity index (χ1v) is 11.7. The molecule has 0 saturated carbocycles. The van der Waals surface area contributed by atoms with Gasteiger partial charge in [-0.25, -0.2) is 0 Å². The normalized spacial score (nSPS) is 11.3. The molecule has 164 valence electrons. The zero-order valence-corrected chi connectivity index (χ0v) is 20.2. The van der Waals surface area contributed by atoms with E-state index in [0.717, 1.165) is 18.9 Å². The lowest BCUT2D eigenvalue weighted by Gasteiger charge is -2.11. The maximum Gasteiger partial charge on any atom is 0.119 e. The van der Waals surface area contributed by atoms with Crippen molar-refractivity contribution in [3.63, 3.8) is 0 Å². The highest BCUT2D eigenvalue weighted by atomic mass is 16.5. The Labute approximate surface area is 187 Å². The Morgan fingerprint density at radius 2 is 1.29 bits per heavy atom. The fourth-order valence-corrected chi connectivity index (χ4v) is 3.97. The molecule has 0 fully saturated rings. The van der Waals surface area contributed by atoms with Gasteiger partial charge in [-0.05, 0) is 66.3 Å². The summed E-state index contributed by atoms with van der Waals surface area (Å²) >= 11 is 0. The van der Waals surface area contributed by atoms with Crippen molar-refractivity contribution in [3.05, 3.63) is 66.2 Å². The van der Waals surface area contributed by atoms with Gasteiger partial charge in [0.15, 0.2) is 0 Å². The molecule has 0 unspecified atom stereocenters. The van der Waals surface area contributed by atoms with E-state index in [1.165, 1.54) is 38.5 Å². The Hall–Kier alpha value is -2.74. The largest absolute Gasteiger partial charge is 0.493 e.